The van der Waals surface area contributed by atoms with Crippen LogP contribution in [0.3, 0.4) is 0 Å². The summed E-state index contributed by atoms with van der Waals surface area (Å²) in [5.74, 6) is 6.61. The van der Waals surface area contributed by atoms with Crippen LogP contribution in [0.5, 0.6) is 46.5 Å². The maximum absolute atomic E-state index is 12.2. The summed E-state index contributed by atoms with van der Waals surface area (Å²) in [6, 6.07) is 25.3. The van der Waals surface area contributed by atoms with Gasteiger partial charge in [0.05, 0.1) is 65.0 Å². The van der Waals surface area contributed by atoms with E-state index in [1.807, 2.05) is 110 Å². The molecule has 0 saturated carbocycles. The molecule has 15 aromatic rings. The summed E-state index contributed by atoms with van der Waals surface area (Å²) in [6.45, 7) is 34.0. The second-order valence-corrected chi connectivity index (χ2v) is 34.0. The minimum absolute atomic E-state index is 0.0285. The van der Waals surface area contributed by atoms with Crippen molar-refractivity contribution in [2.24, 2.45) is 0 Å². The Morgan fingerprint density at radius 1 is 0.439 bits per heavy atom. The summed E-state index contributed by atoms with van der Waals surface area (Å²) in [4.78, 5) is 119. The molecule has 16 heterocycles. The van der Waals surface area contributed by atoms with Gasteiger partial charge in [0.15, 0.2) is 17.2 Å². The average molecular weight is 1900 g/mol. The van der Waals surface area contributed by atoms with Gasteiger partial charge in [-0.2, -0.15) is 20.3 Å². The number of aromatic nitrogens is 17. The number of hydrogen-bond donors (Lipinski definition) is 3. The van der Waals surface area contributed by atoms with E-state index >= 15 is 0 Å². The van der Waals surface area contributed by atoms with E-state index < -0.39 is 0 Å². The van der Waals surface area contributed by atoms with E-state index in [-0.39, 0.29) is 23.6 Å². The molecule has 5 aliphatic rings. The number of aromatic amines is 3. The number of piperazine rings is 4. The Hall–Kier alpha value is -14.3. The van der Waals surface area contributed by atoms with Crippen molar-refractivity contribution in [2.75, 3.05) is 156 Å². The fourth-order valence-electron chi connectivity index (χ4n) is 16.4. The number of nitrogens with one attached hydrogen (secondary N) is 3. The van der Waals surface area contributed by atoms with Gasteiger partial charge in [-0.15, -0.1) is 0 Å². The molecule has 5 fully saturated rings. The molecule has 5 saturated heterocycles. The molecule has 5 aliphatic heterocycles. The maximum atomic E-state index is 12.2. The van der Waals surface area contributed by atoms with Gasteiger partial charge >= 0.3 is 0 Å². The number of halogens is 4. The van der Waals surface area contributed by atoms with Crippen LogP contribution in [-0.4, -0.2) is 271 Å². The quantitative estimate of drug-likeness (QED) is 0.0672. The van der Waals surface area contributed by atoms with Crippen LogP contribution in [0.25, 0.3) is 76.3 Å². The number of carbonyl (C=O) groups excluding carboxylic acids is 4. The largest absolute Gasteiger partial charge is 0.436 e. The average Bonchev–Trinajstić information content (AvgIpc) is 1.51. The highest BCUT2D eigenvalue weighted by Gasteiger charge is 2.35. The van der Waals surface area contributed by atoms with Crippen molar-refractivity contribution >= 4 is 180 Å². The van der Waals surface area contributed by atoms with Crippen LogP contribution in [0.2, 0.25) is 15.2 Å². The smallest absolute Gasteiger partial charge is 0.246 e. The molecule has 0 radical (unpaired) electrons. The van der Waals surface area contributed by atoms with Crippen LogP contribution < -0.4 is 43.4 Å². The summed E-state index contributed by atoms with van der Waals surface area (Å²) in [5.41, 5.74) is 9.39. The lowest BCUT2D eigenvalue weighted by Crippen LogP contribution is -2.58. The number of anilines is 5. The molecule has 674 valence electrons. The minimum Gasteiger partial charge on any atom is -0.436 e. The molecule has 4 amide bonds. The van der Waals surface area contributed by atoms with E-state index in [4.69, 9.17) is 68.7 Å². The Bertz CT molecular complexity index is 6960. The van der Waals surface area contributed by atoms with Crippen molar-refractivity contribution in [1.29, 1.82) is 0 Å². The summed E-state index contributed by atoms with van der Waals surface area (Å²) in [6.07, 6.45) is 18.7. The Balaban J connectivity index is 0.000000124. The molecule has 3 N–H and O–H groups in total. The Morgan fingerprint density at radius 2 is 0.924 bits per heavy atom. The molecular weight excluding hydrogens is 1810 g/mol. The summed E-state index contributed by atoms with van der Waals surface area (Å²) in [7, 11) is 4.17. The van der Waals surface area contributed by atoms with E-state index in [2.05, 4.69) is 156 Å². The van der Waals surface area contributed by atoms with Gasteiger partial charge in [-0.25, -0.2) is 44.9 Å². The van der Waals surface area contributed by atoms with Crippen LogP contribution in [0.15, 0.2) is 184 Å². The van der Waals surface area contributed by atoms with Gasteiger partial charge in [0.2, 0.25) is 53.1 Å². The number of nitrogens with zero attached hydrogens (tertiary/aromatic N) is 24. The molecule has 35 nitrogen and oxygen atoms in total. The molecule has 39 heteroatoms. The van der Waals surface area contributed by atoms with Crippen molar-refractivity contribution in [3.63, 3.8) is 0 Å². The molecule has 0 bridgehead atoms. The first-order valence-corrected chi connectivity index (χ1v) is 44.5. The predicted molar refractivity (Wildman–Crippen MR) is 514 cm³/mol. The number of likely N-dealkylation sites (N-methyl/N-ethyl adjacent to an activating group) is 1. The Kier molecular flexibility index (Phi) is 26.6. The number of aryl methyl sites for hydroxylation is 4. The number of fused-ring (bicyclic) bond motifs is 7. The highest BCUT2D eigenvalue weighted by molar-refractivity contribution is 9.10. The van der Waals surface area contributed by atoms with Gasteiger partial charge in [0, 0.05) is 176 Å². The lowest BCUT2D eigenvalue weighted by atomic mass is 10.1. The first-order chi connectivity index (χ1) is 64.0. The number of hydrogen-bond acceptors (Lipinski definition) is 28. The molecule has 0 unspecified atom stereocenters. The van der Waals surface area contributed by atoms with Gasteiger partial charge in [-0.1, -0.05) is 79.3 Å². The fraction of sp³-hybridized carbons (Fsp3) is 0.269. The van der Waals surface area contributed by atoms with Gasteiger partial charge in [0.1, 0.15) is 63.1 Å². The molecule has 11 aromatic heterocycles. The van der Waals surface area contributed by atoms with Crippen molar-refractivity contribution in [1.82, 2.24) is 110 Å². The van der Waals surface area contributed by atoms with Crippen LogP contribution in [0.4, 0.5) is 29.1 Å². The van der Waals surface area contributed by atoms with E-state index in [0.29, 0.717) is 198 Å². The van der Waals surface area contributed by atoms with Gasteiger partial charge in [-0.05, 0) is 159 Å². The highest BCUT2D eigenvalue weighted by atomic mass is 79.9. The number of rotatable bonds is 18. The summed E-state index contributed by atoms with van der Waals surface area (Å²) >= 11 is 22.9. The van der Waals surface area contributed by atoms with Crippen molar-refractivity contribution in [3.8, 4) is 46.5 Å². The highest BCUT2D eigenvalue weighted by Crippen LogP contribution is 2.45. The summed E-state index contributed by atoms with van der Waals surface area (Å²) < 4.78 is 25.8. The number of amides is 4. The SMILES string of the molecule is C=CC(=O)N1CCN(c2ccnc3c(Oc4c(C)cccc4Cl)nccc23)CC1.C=CC(=O)N1CCN(c2nc(N3CC(N(C)C)C3)nc3c(Oc4c(Cl)c(C)cc5[nH]ncc45)nc(C)cc23)CC1.C=CC(=O)N1CCN(c2ncnc3c(Oc4c(Br)ccc5[nH]ncc45)nccc23)CC1.C=CC(=O)N1CCN(c2ncnc3c(Oc4c(C)ccc5n[nH]c(Cl)c45)nccc23)CC1. The number of benzene rings is 4. The third-order valence-corrected chi connectivity index (χ3v) is 25.3. The molecule has 20 rings (SSSR count). The van der Waals surface area contributed by atoms with Crippen molar-refractivity contribution in [2.45, 2.75) is 33.7 Å². The zero-order chi connectivity index (χ0) is 92.1. The number of carbonyl (C=O) groups is 4. The van der Waals surface area contributed by atoms with E-state index in [1.165, 1.54) is 37.0 Å². The standard InChI is InChI=1S/C28H32ClN9O2.C22H20ClN7O2.C22H21ClN4O2.C21H18BrN7O2/c1-6-22(39)36-7-9-37(10-8-36)26-19-12-17(3)31-27(24(19)32-28(33-26)38-14-18(15-38)35(4)5)40-25-20-13-30-34-21(20)11-16(2)23(25)29;1-3-16(31)29-8-10-30(11-9-29)21-14-6-7-24-22(18(14)25-12-26-21)32-19-13(2)4-5-15-17(19)20(23)28-27-15;1-3-19(28)27-13-11-26(12-14-27)18-8-10-24-20-16(18)7-9-25-22(20)29-21-15(2)5-4-6-17(21)23;1-2-17(30)28-7-9-29(10-8-28)20-13-5-6-23-21(18(13)24-12-25-20)31-19-14-11-26-27-16(14)4-3-15(19)22/h6,11-13,18H,1,7-10,14-15H2,2-5H3,(H,30,34);3-7,12H,1,8-11H2,2H3,(H,27,28);3-10H,1,11-14H2,2H3;2-6,11-12H,1,7-10H2,(H,26,27). The third-order valence-electron chi connectivity index (χ3n) is 23.7. The van der Waals surface area contributed by atoms with Crippen LogP contribution in [0, 0.1) is 27.7 Å². The van der Waals surface area contributed by atoms with Gasteiger partial charge < -0.3 is 67.9 Å². The molecule has 0 spiro atoms. The predicted octanol–water partition coefficient (Wildman–Crippen LogP) is 14.5. The van der Waals surface area contributed by atoms with E-state index in [9.17, 15) is 19.2 Å². The normalized spacial score (nSPS) is 14.8. The van der Waals surface area contributed by atoms with Crippen molar-refractivity contribution < 1.29 is 38.1 Å². The topological polar surface area (TPSA) is 365 Å². The molecule has 4 aromatic carbocycles. The number of H-pyrrole nitrogens is 3. The number of ether oxygens (including phenoxy) is 4. The molecular formula is C93H91BrCl3N27O8. The van der Waals surface area contributed by atoms with Gasteiger partial charge in [0.25, 0.3) is 0 Å². The molecule has 132 heavy (non-hydrogen) atoms. The maximum Gasteiger partial charge on any atom is 0.246 e. The van der Waals surface area contributed by atoms with Crippen LogP contribution in [-0.2, 0) is 19.2 Å². The molecule has 0 aliphatic carbocycles. The zero-order valence-electron chi connectivity index (χ0n) is 73.1. The first-order valence-electron chi connectivity index (χ1n) is 42.6. The monoisotopic (exact) mass is 1900 g/mol. The second kappa shape index (κ2) is 39.2. The number of para-hydroxylation sites is 1. The Labute approximate surface area is 780 Å². The first kappa shape index (κ1) is 89.6. The summed E-state index contributed by atoms with van der Waals surface area (Å²) in [5, 5.41) is 28.4. The zero-order valence-corrected chi connectivity index (χ0v) is 76.9. The third kappa shape index (κ3) is 18.5. The van der Waals surface area contributed by atoms with Crippen molar-refractivity contribution in [3.05, 3.63) is 221 Å². The van der Waals surface area contributed by atoms with E-state index in [0.717, 1.165) is 120 Å². The molecule has 0 atom stereocenters. The van der Waals surface area contributed by atoms with Gasteiger partial charge in [-0.3, -0.25) is 39.5 Å². The lowest BCUT2D eigenvalue weighted by molar-refractivity contribution is -0.127. The second-order valence-electron chi connectivity index (χ2n) is 32.0. The van der Waals surface area contributed by atoms with E-state index in [1.54, 1.807) is 53.0 Å². The van der Waals surface area contributed by atoms with Crippen LogP contribution >= 0.6 is 50.7 Å². The number of pyridine rings is 5. The fourth-order valence-corrected chi connectivity index (χ4v) is 17.5. The van der Waals surface area contributed by atoms with Crippen LogP contribution in [0.1, 0.15) is 22.4 Å². The lowest BCUT2D eigenvalue weighted by Gasteiger charge is -2.43. The Morgan fingerprint density at radius 3 is 1.47 bits per heavy atom. The minimum atomic E-state index is -0.0560.